The van der Waals surface area contributed by atoms with Crippen LogP contribution in [0.15, 0.2) is 109 Å². The van der Waals surface area contributed by atoms with Gasteiger partial charge in [0.05, 0.1) is 19.8 Å². The number of ether oxygens (including phenoxy) is 4. The summed E-state index contributed by atoms with van der Waals surface area (Å²) in [4.78, 5) is 12.9. The van der Waals surface area contributed by atoms with E-state index < -0.39 is 59.8 Å². The van der Waals surface area contributed by atoms with Gasteiger partial charge in [0.15, 0.2) is 6.29 Å². The maximum Gasteiger partial charge on any atom is 0.397 e. The fraction of sp³-hybridized carbons (Fsp3) is 0.667. The summed E-state index contributed by atoms with van der Waals surface area (Å²) in [5.41, 5.74) is 0. The van der Waals surface area contributed by atoms with Crippen LogP contribution in [0.2, 0.25) is 0 Å². The van der Waals surface area contributed by atoms with Crippen LogP contribution in [0.5, 0.6) is 0 Å². The third-order valence-corrected chi connectivity index (χ3v) is 11.9. The number of rotatable bonds is 45. The van der Waals surface area contributed by atoms with Crippen LogP contribution in [0, 0.1) is 0 Å². The molecule has 1 heterocycles. The van der Waals surface area contributed by atoms with Crippen LogP contribution in [0.3, 0.4) is 0 Å². The number of carbonyl (C=O) groups excluding carboxylic acids is 1. The Labute approximate surface area is 424 Å². The molecule has 13 heteroatoms. The van der Waals surface area contributed by atoms with Crippen molar-refractivity contribution in [1.29, 1.82) is 0 Å². The van der Waals surface area contributed by atoms with Crippen molar-refractivity contribution in [3.63, 3.8) is 0 Å². The van der Waals surface area contributed by atoms with Crippen molar-refractivity contribution in [3.8, 4) is 0 Å². The van der Waals surface area contributed by atoms with Crippen LogP contribution >= 0.6 is 0 Å². The molecule has 1 aliphatic heterocycles. The van der Waals surface area contributed by atoms with Crippen molar-refractivity contribution in [2.75, 3.05) is 26.4 Å². The summed E-state index contributed by atoms with van der Waals surface area (Å²) in [5, 5.41) is 30.8. The minimum absolute atomic E-state index is 0.0166. The summed E-state index contributed by atoms with van der Waals surface area (Å²) in [6.07, 6.45) is 56.9. The largest absolute Gasteiger partial charge is 0.457 e. The summed E-state index contributed by atoms with van der Waals surface area (Å²) in [6, 6.07) is 0. The number of aliphatic hydroxyl groups is 3. The monoisotopic (exact) mass is 1000 g/mol. The van der Waals surface area contributed by atoms with Gasteiger partial charge in [0, 0.05) is 13.0 Å². The minimum Gasteiger partial charge on any atom is -0.457 e. The molecular weight excluding hydrogens is 909 g/mol. The molecule has 0 bridgehead atoms. The van der Waals surface area contributed by atoms with E-state index in [1.54, 1.807) is 0 Å². The zero-order chi connectivity index (χ0) is 51.0. The highest BCUT2D eigenvalue weighted by molar-refractivity contribution is 7.80. The normalized spacial score (nSPS) is 20.0. The molecular formula is C57H94O12S. The Kier molecular flexibility index (Phi) is 43.3. The molecule has 0 spiro atoms. The third-order valence-electron chi connectivity index (χ3n) is 11.4. The van der Waals surface area contributed by atoms with Gasteiger partial charge in [-0.25, -0.2) is 4.18 Å². The molecule has 1 fully saturated rings. The smallest absolute Gasteiger partial charge is 0.397 e. The van der Waals surface area contributed by atoms with Gasteiger partial charge in [-0.05, 0) is 96.3 Å². The van der Waals surface area contributed by atoms with Crippen molar-refractivity contribution >= 4 is 16.4 Å². The van der Waals surface area contributed by atoms with Gasteiger partial charge in [0.1, 0.15) is 30.5 Å². The highest BCUT2D eigenvalue weighted by atomic mass is 32.3. The Morgan fingerprint density at radius 3 is 1.37 bits per heavy atom. The van der Waals surface area contributed by atoms with Crippen molar-refractivity contribution in [2.24, 2.45) is 0 Å². The average Bonchev–Trinajstić information content (AvgIpc) is 3.34. The first-order valence-electron chi connectivity index (χ1n) is 26.6. The van der Waals surface area contributed by atoms with Crippen molar-refractivity contribution < 1.29 is 56.2 Å². The highest BCUT2D eigenvalue weighted by Crippen LogP contribution is 2.26. The van der Waals surface area contributed by atoms with Crippen LogP contribution in [0.25, 0.3) is 0 Å². The first-order valence-corrected chi connectivity index (χ1v) is 28.0. The van der Waals surface area contributed by atoms with Gasteiger partial charge in [-0.1, -0.05) is 187 Å². The number of unbranched alkanes of at least 4 members (excludes halogenated alkanes) is 14. The van der Waals surface area contributed by atoms with E-state index in [4.69, 9.17) is 18.9 Å². The second-order valence-electron chi connectivity index (χ2n) is 17.7. The van der Waals surface area contributed by atoms with E-state index in [0.29, 0.717) is 13.0 Å². The van der Waals surface area contributed by atoms with E-state index in [9.17, 15) is 33.1 Å². The van der Waals surface area contributed by atoms with E-state index in [-0.39, 0.29) is 19.6 Å². The molecule has 0 radical (unpaired) electrons. The summed E-state index contributed by atoms with van der Waals surface area (Å²) in [6.45, 7) is 3.71. The Balaban J connectivity index is 2.35. The lowest BCUT2D eigenvalue weighted by atomic mass is 9.99. The number of aliphatic hydroxyl groups excluding tert-OH is 3. The van der Waals surface area contributed by atoms with Crippen LogP contribution in [0.1, 0.15) is 181 Å². The van der Waals surface area contributed by atoms with Crippen LogP contribution < -0.4 is 0 Å². The number of hydrogen-bond acceptors (Lipinski definition) is 11. The Hall–Kier alpha value is -3.24. The van der Waals surface area contributed by atoms with E-state index >= 15 is 0 Å². The van der Waals surface area contributed by atoms with Gasteiger partial charge in [-0.3, -0.25) is 9.35 Å². The van der Waals surface area contributed by atoms with Gasteiger partial charge in [-0.2, -0.15) is 8.42 Å². The summed E-state index contributed by atoms with van der Waals surface area (Å²) < 4.78 is 59.3. The van der Waals surface area contributed by atoms with Crippen molar-refractivity contribution in [2.45, 2.75) is 218 Å². The molecule has 400 valence electrons. The van der Waals surface area contributed by atoms with E-state index in [0.717, 1.165) is 122 Å². The van der Waals surface area contributed by atoms with Gasteiger partial charge < -0.3 is 34.3 Å². The number of esters is 1. The zero-order valence-electron chi connectivity index (χ0n) is 43.0. The van der Waals surface area contributed by atoms with E-state index in [2.05, 4.69) is 127 Å². The fourth-order valence-corrected chi connectivity index (χ4v) is 7.96. The summed E-state index contributed by atoms with van der Waals surface area (Å²) in [5.74, 6) is -0.418. The molecule has 70 heavy (non-hydrogen) atoms. The molecule has 0 saturated carbocycles. The lowest BCUT2D eigenvalue weighted by molar-refractivity contribution is -0.301. The van der Waals surface area contributed by atoms with Crippen LogP contribution in [0.4, 0.5) is 0 Å². The molecule has 1 saturated heterocycles. The zero-order valence-corrected chi connectivity index (χ0v) is 43.8. The Bertz CT molecular complexity index is 1630. The Morgan fingerprint density at radius 1 is 0.543 bits per heavy atom. The lowest BCUT2D eigenvalue weighted by Crippen LogP contribution is -2.60. The number of hydrogen-bond donors (Lipinski definition) is 4. The molecule has 0 aliphatic carbocycles. The number of carbonyl (C=O) groups is 1. The van der Waals surface area contributed by atoms with Crippen molar-refractivity contribution in [3.05, 3.63) is 109 Å². The maximum atomic E-state index is 12.9. The molecule has 0 aromatic heterocycles. The maximum absolute atomic E-state index is 12.9. The standard InChI is InChI=1S/C57H94O12S/c1-3-5-7-9-11-13-15-17-19-21-22-23-24-25-26-27-28-29-31-33-35-37-39-41-43-45-47-65-49-51(50-66-57-55(61)56(69-70(62,63)64)54(60)52(48-58)68-57)67-53(59)46-44-42-40-38-36-34-32-30-20-18-16-14-12-10-8-6-4-2/h5-8,11-14,17-20,22-23,25-26,28-29,51-52,54-58,60-61H,3-4,9-10,15-16,21,24,27,30-50H2,1-2H3,(H,62,63,64)/b7-5-,8-6-,13-11-,14-12-,19-17-,20-18-,23-22-,26-25-,29-28-. The van der Waals surface area contributed by atoms with Crippen LogP contribution in [-0.2, 0) is 38.3 Å². The molecule has 0 aromatic carbocycles. The van der Waals surface area contributed by atoms with Gasteiger partial charge in [0.25, 0.3) is 0 Å². The van der Waals surface area contributed by atoms with Gasteiger partial charge in [0.2, 0.25) is 0 Å². The lowest BCUT2D eigenvalue weighted by Gasteiger charge is -2.41. The SMILES string of the molecule is CC/C=C\C/C=C\C/C=C\C/C=C\C/C=C\C/C=C\CCCCCCCCCOCC(COC1OC(CO)C(O)C(OS(=O)(=O)O)C1O)OC(=O)CCCCCCCCC/C=C\C/C=C\C/C=C\CC. The molecule has 0 amide bonds. The molecule has 4 N–H and O–H groups in total. The summed E-state index contributed by atoms with van der Waals surface area (Å²) >= 11 is 0. The Morgan fingerprint density at radius 2 is 0.943 bits per heavy atom. The predicted molar refractivity (Wildman–Crippen MR) is 284 cm³/mol. The summed E-state index contributed by atoms with van der Waals surface area (Å²) in [7, 11) is -5.08. The molecule has 12 nitrogen and oxygen atoms in total. The molecule has 1 aliphatic rings. The quantitative estimate of drug-likeness (QED) is 0.0197. The third kappa shape index (κ3) is 39.4. The van der Waals surface area contributed by atoms with E-state index in [1.807, 2.05) is 0 Å². The van der Waals surface area contributed by atoms with Gasteiger partial charge in [-0.15, -0.1) is 0 Å². The topological polar surface area (TPSA) is 178 Å². The van der Waals surface area contributed by atoms with Gasteiger partial charge >= 0.3 is 16.4 Å². The van der Waals surface area contributed by atoms with Crippen molar-refractivity contribution in [1.82, 2.24) is 0 Å². The molecule has 6 atom stereocenters. The second-order valence-corrected chi connectivity index (χ2v) is 18.7. The first kappa shape index (κ1) is 64.8. The van der Waals surface area contributed by atoms with Crippen LogP contribution in [-0.4, -0.2) is 97.5 Å². The van der Waals surface area contributed by atoms with E-state index in [1.165, 1.54) is 32.1 Å². The molecule has 6 unspecified atom stereocenters. The highest BCUT2D eigenvalue weighted by Gasteiger charge is 2.48. The first-order chi connectivity index (χ1) is 34.1. The fourth-order valence-electron chi connectivity index (χ4n) is 7.45. The molecule has 1 rings (SSSR count). The minimum atomic E-state index is -5.08. The second kappa shape index (κ2) is 46.8. The predicted octanol–water partition coefficient (Wildman–Crippen LogP) is 12.7. The average molecular weight is 1000 g/mol. The molecule has 0 aromatic rings. The number of allylic oxidation sites excluding steroid dienone is 18.